The first-order chi connectivity index (χ1) is 16.2. The van der Waals surface area contributed by atoms with E-state index in [1.54, 1.807) is 0 Å². The van der Waals surface area contributed by atoms with Gasteiger partial charge in [-0.1, -0.05) is 111 Å². The maximum Gasteiger partial charge on any atom is 0.0625 e. The van der Waals surface area contributed by atoms with E-state index in [9.17, 15) is 0 Å². The van der Waals surface area contributed by atoms with E-state index in [1.807, 2.05) is 0 Å². The van der Waals surface area contributed by atoms with Crippen molar-refractivity contribution < 1.29 is 0 Å². The predicted octanol–water partition coefficient (Wildman–Crippen LogP) is 9.77. The van der Waals surface area contributed by atoms with Gasteiger partial charge >= 0.3 is 0 Å². The average molecular weight is 551 g/mol. The molecule has 0 fully saturated rings. The van der Waals surface area contributed by atoms with Crippen LogP contribution in [0.2, 0.25) is 0 Å². The molecule has 0 saturated carbocycles. The van der Waals surface area contributed by atoms with Crippen LogP contribution in [0.3, 0.4) is 0 Å². The highest BCUT2D eigenvalue weighted by Gasteiger charge is 2.18. The highest BCUT2D eigenvalue weighted by Crippen LogP contribution is 2.43. The third-order valence-corrected chi connectivity index (χ3v) is 7.56. The van der Waals surface area contributed by atoms with E-state index in [0.29, 0.717) is 0 Å². The van der Waals surface area contributed by atoms with E-state index in [2.05, 4.69) is 140 Å². The molecular weight excluding hydrogens is 534 g/mol. The van der Waals surface area contributed by atoms with E-state index < -0.39 is 0 Å². The molecule has 7 rings (SSSR count). The topological polar surface area (TPSA) is 4.93 Å². The second kappa shape index (κ2) is 7.18. The molecule has 0 spiro atoms. The van der Waals surface area contributed by atoms with Gasteiger partial charge in [-0.15, -0.1) is 0 Å². The smallest absolute Gasteiger partial charge is 0.0625 e. The van der Waals surface area contributed by atoms with Gasteiger partial charge in [0.05, 0.1) is 11.0 Å². The molecule has 0 atom stereocenters. The third-order valence-electron chi connectivity index (χ3n) is 6.65. The Morgan fingerprint density at radius 2 is 0.939 bits per heavy atom. The minimum absolute atomic E-state index is 1.05. The van der Waals surface area contributed by atoms with Crippen molar-refractivity contribution in [1.29, 1.82) is 0 Å². The van der Waals surface area contributed by atoms with Gasteiger partial charge in [0.1, 0.15) is 0 Å². The van der Waals surface area contributed by atoms with Gasteiger partial charge in [0.2, 0.25) is 0 Å². The summed E-state index contributed by atoms with van der Waals surface area (Å²) in [5.41, 5.74) is 3.59. The van der Waals surface area contributed by atoms with E-state index in [-0.39, 0.29) is 0 Å². The molecule has 3 heteroatoms. The number of hydrogen-bond donors (Lipinski definition) is 0. The maximum absolute atomic E-state index is 3.71. The number of nitrogens with zero attached hydrogens (tertiary/aromatic N) is 1. The lowest BCUT2D eigenvalue weighted by Crippen LogP contribution is -1.95. The van der Waals surface area contributed by atoms with Gasteiger partial charge in [-0.3, -0.25) is 0 Å². The van der Waals surface area contributed by atoms with Gasteiger partial charge in [-0.05, 0) is 51.2 Å². The first-order valence-corrected chi connectivity index (χ1v) is 12.5. The van der Waals surface area contributed by atoms with Crippen LogP contribution in [-0.4, -0.2) is 4.57 Å². The van der Waals surface area contributed by atoms with E-state index in [4.69, 9.17) is 0 Å². The Kier molecular flexibility index (Phi) is 4.21. The predicted molar refractivity (Wildman–Crippen MR) is 149 cm³/mol. The Labute approximate surface area is 207 Å². The van der Waals surface area contributed by atoms with Crippen LogP contribution in [0.15, 0.2) is 112 Å². The molecule has 7 aromatic rings. The zero-order valence-corrected chi connectivity index (χ0v) is 20.7. The van der Waals surface area contributed by atoms with Crippen LogP contribution in [0.25, 0.3) is 59.8 Å². The number of para-hydroxylation sites is 1. The lowest BCUT2D eigenvalue weighted by atomic mass is 9.93. The summed E-state index contributed by atoms with van der Waals surface area (Å²) < 4.78 is 4.52. The fraction of sp³-hybridized carbons (Fsp3) is 0. The molecule has 1 nitrogen and oxygen atoms in total. The summed E-state index contributed by atoms with van der Waals surface area (Å²) in [5.74, 6) is 0. The van der Waals surface area contributed by atoms with Crippen molar-refractivity contribution in [2.24, 2.45) is 0 Å². The third kappa shape index (κ3) is 2.76. The van der Waals surface area contributed by atoms with Crippen LogP contribution < -0.4 is 0 Å². The van der Waals surface area contributed by atoms with Gasteiger partial charge in [0, 0.05) is 30.8 Å². The van der Waals surface area contributed by atoms with Crippen LogP contribution in [-0.2, 0) is 0 Å². The highest BCUT2D eigenvalue weighted by atomic mass is 79.9. The van der Waals surface area contributed by atoms with Crippen LogP contribution in [0, 0.1) is 0 Å². The van der Waals surface area contributed by atoms with Gasteiger partial charge in [0.15, 0.2) is 0 Å². The van der Waals surface area contributed by atoms with Crippen LogP contribution in [0.4, 0.5) is 0 Å². The van der Waals surface area contributed by atoms with E-state index in [1.165, 1.54) is 54.1 Å². The number of aromatic nitrogens is 1. The molecule has 0 radical (unpaired) electrons. The molecule has 0 aliphatic heterocycles. The van der Waals surface area contributed by atoms with Crippen molar-refractivity contribution in [3.63, 3.8) is 0 Å². The summed E-state index contributed by atoms with van der Waals surface area (Å²) >= 11 is 7.41. The summed E-state index contributed by atoms with van der Waals surface area (Å²) in [7, 11) is 0. The van der Waals surface area contributed by atoms with E-state index in [0.717, 1.165) is 14.6 Å². The fourth-order valence-corrected chi connectivity index (χ4v) is 6.65. The quantitative estimate of drug-likeness (QED) is 0.179. The maximum atomic E-state index is 3.71. The molecule has 0 aliphatic carbocycles. The van der Waals surface area contributed by atoms with Crippen LogP contribution in [0.1, 0.15) is 0 Å². The molecule has 6 aromatic carbocycles. The zero-order valence-electron chi connectivity index (χ0n) is 17.5. The molecule has 0 unspecified atom stereocenters. The van der Waals surface area contributed by atoms with Gasteiger partial charge in [0.25, 0.3) is 0 Å². The second-order valence-electron chi connectivity index (χ2n) is 8.46. The molecule has 0 aliphatic rings. The highest BCUT2D eigenvalue weighted by molar-refractivity contribution is 9.11. The summed E-state index contributed by atoms with van der Waals surface area (Å²) in [5, 5.41) is 10.3. The van der Waals surface area contributed by atoms with Gasteiger partial charge < -0.3 is 4.57 Å². The molecule has 0 N–H and O–H groups in total. The van der Waals surface area contributed by atoms with Crippen molar-refractivity contribution in [1.82, 2.24) is 4.57 Å². The standard InChI is InChI=1S/C30H17Br2N/c31-18-15-19(32)17-20(16-18)33-28-12-6-5-10-24(28)27-14-13-26-23-9-2-1-7-21(23)22-8-3-4-11-25(22)29(26)30(27)33/h1-17H. The molecular formula is C30H17Br2N. The van der Waals surface area contributed by atoms with Gasteiger partial charge in [-0.25, -0.2) is 0 Å². The van der Waals surface area contributed by atoms with E-state index >= 15 is 0 Å². The Morgan fingerprint density at radius 1 is 0.455 bits per heavy atom. The molecule has 0 bridgehead atoms. The van der Waals surface area contributed by atoms with Crippen molar-refractivity contribution in [3.8, 4) is 5.69 Å². The minimum Gasteiger partial charge on any atom is -0.309 e. The van der Waals surface area contributed by atoms with Gasteiger partial charge in [-0.2, -0.15) is 0 Å². The molecule has 33 heavy (non-hydrogen) atoms. The SMILES string of the molecule is Brc1cc(Br)cc(-n2c3ccccc3c3ccc4c5ccccc5c5ccccc5c4c32)c1. The Morgan fingerprint density at radius 3 is 1.61 bits per heavy atom. The second-order valence-corrected chi connectivity index (χ2v) is 10.3. The Balaban J connectivity index is 1.84. The zero-order chi connectivity index (χ0) is 22.1. The number of hydrogen-bond acceptors (Lipinski definition) is 0. The lowest BCUT2D eigenvalue weighted by Gasteiger charge is -2.15. The van der Waals surface area contributed by atoms with Crippen LogP contribution in [0.5, 0.6) is 0 Å². The molecule has 1 heterocycles. The summed E-state index contributed by atoms with van der Waals surface area (Å²) in [4.78, 5) is 0. The summed E-state index contributed by atoms with van der Waals surface area (Å²) in [6.45, 7) is 0. The van der Waals surface area contributed by atoms with Crippen molar-refractivity contribution in [3.05, 3.63) is 112 Å². The van der Waals surface area contributed by atoms with Crippen molar-refractivity contribution in [2.45, 2.75) is 0 Å². The van der Waals surface area contributed by atoms with Crippen molar-refractivity contribution in [2.75, 3.05) is 0 Å². The first-order valence-electron chi connectivity index (χ1n) is 10.9. The summed E-state index contributed by atoms with van der Waals surface area (Å²) in [6, 6.07) is 37.3. The molecule has 1 aromatic heterocycles. The molecule has 0 amide bonds. The summed E-state index contributed by atoms with van der Waals surface area (Å²) in [6.07, 6.45) is 0. The normalized spacial score (nSPS) is 11.9. The number of fused-ring (bicyclic) bond motifs is 10. The minimum atomic E-state index is 1.05. The Hall–Kier alpha value is -3.14. The molecule has 156 valence electrons. The lowest BCUT2D eigenvalue weighted by molar-refractivity contribution is 1.18. The monoisotopic (exact) mass is 549 g/mol. The molecule has 0 saturated heterocycles. The fourth-order valence-electron chi connectivity index (χ4n) is 5.38. The number of rotatable bonds is 1. The Bertz CT molecular complexity index is 1840. The van der Waals surface area contributed by atoms with Crippen LogP contribution >= 0.6 is 31.9 Å². The van der Waals surface area contributed by atoms with Crippen molar-refractivity contribution >= 4 is 86.0 Å². The first kappa shape index (κ1) is 19.3. The largest absolute Gasteiger partial charge is 0.309 e. The number of benzene rings is 6. The average Bonchev–Trinajstić information content (AvgIpc) is 3.18. The number of halogens is 2.